The molecule has 2 N–H and O–H groups in total. The topological polar surface area (TPSA) is 49.7 Å². The Bertz CT molecular complexity index is 566. The van der Waals surface area contributed by atoms with Crippen molar-refractivity contribution in [3.63, 3.8) is 0 Å². The Balaban J connectivity index is 2.21. The number of ether oxygens (including phenoxy) is 1. The van der Waals surface area contributed by atoms with Gasteiger partial charge in [-0.05, 0) is 30.4 Å². The van der Waals surface area contributed by atoms with Gasteiger partial charge in [-0.2, -0.15) is 0 Å². The van der Waals surface area contributed by atoms with Gasteiger partial charge in [-0.25, -0.2) is 4.39 Å². The molecule has 118 valence electrons. The van der Waals surface area contributed by atoms with Crippen molar-refractivity contribution in [2.75, 3.05) is 13.2 Å². The second kappa shape index (κ2) is 8.51. The zero-order valence-corrected chi connectivity index (χ0v) is 12.4. The molecule has 0 amide bonds. The number of benzene rings is 2. The minimum absolute atomic E-state index is 0.0146. The Hall–Kier alpha value is -1.91. The third-order valence-electron chi connectivity index (χ3n) is 3.62. The lowest BCUT2D eigenvalue weighted by molar-refractivity contribution is 0.235. The predicted octanol–water partition coefficient (Wildman–Crippen LogP) is 3.25. The van der Waals surface area contributed by atoms with Crippen LogP contribution >= 0.6 is 0 Å². The molecule has 0 unspecified atom stereocenters. The predicted molar refractivity (Wildman–Crippen MR) is 83.3 cm³/mol. The molecule has 2 aromatic rings. The van der Waals surface area contributed by atoms with E-state index >= 15 is 0 Å². The molecule has 0 aromatic heterocycles. The van der Waals surface area contributed by atoms with E-state index in [4.69, 9.17) is 4.74 Å². The van der Waals surface area contributed by atoms with E-state index < -0.39 is 5.82 Å². The molecule has 0 aliphatic heterocycles. The quantitative estimate of drug-likeness (QED) is 0.787. The Morgan fingerprint density at radius 1 is 0.909 bits per heavy atom. The fourth-order valence-corrected chi connectivity index (χ4v) is 2.50. The molecule has 0 aliphatic carbocycles. The maximum absolute atomic E-state index is 14.1. The van der Waals surface area contributed by atoms with Crippen LogP contribution in [0.4, 0.5) is 4.39 Å². The highest BCUT2D eigenvalue weighted by Crippen LogP contribution is 2.33. The smallest absolute Gasteiger partial charge is 0.165 e. The van der Waals surface area contributed by atoms with Crippen LogP contribution in [0.2, 0.25) is 0 Å². The van der Waals surface area contributed by atoms with Crippen LogP contribution in [0.25, 0.3) is 0 Å². The summed E-state index contributed by atoms with van der Waals surface area (Å²) < 4.78 is 19.8. The monoisotopic (exact) mass is 304 g/mol. The van der Waals surface area contributed by atoms with E-state index in [0.29, 0.717) is 18.4 Å². The first-order chi connectivity index (χ1) is 10.8. The van der Waals surface area contributed by atoms with Gasteiger partial charge in [-0.1, -0.05) is 42.5 Å². The molecule has 4 heteroatoms. The minimum atomic E-state index is -0.422. The van der Waals surface area contributed by atoms with Crippen molar-refractivity contribution in [3.05, 3.63) is 65.5 Å². The summed E-state index contributed by atoms with van der Waals surface area (Å²) in [5.41, 5.74) is 1.65. The number of hydrogen-bond donors (Lipinski definition) is 2. The average Bonchev–Trinajstić information content (AvgIpc) is 2.54. The third-order valence-corrected chi connectivity index (χ3v) is 3.62. The van der Waals surface area contributed by atoms with Gasteiger partial charge < -0.3 is 14.9 Å². The van der Waals surface area contributed by atoms with Crippen LogP contribution in [0.1, 0.15) is 29.9 Å². The number of aliphatic hydroxyl groups excluding tert-OH is 2. The SMILES string of the molecule is OCCC(CCO)c1cccc(F)c1OCc1ccccc1. The molecule has 0 atom stereocenters. The highest BCUT2D eigenvalue weighted by Gasteiger charge is 2.18. The lowest BCUT2D eigenvalue weighted by atomic mass is 9.92. The van der Waals surface area contributed by atoms with E-state index in [1.807, 2.05) is 30.3 Å². The van der Waals surface area contributed by atoms with Crippen molar-refractivity contribution in [3.8, 4) is 5.75 Å². The van der Waals surface area contributed by atoms with E-state index in [1.165, 1.54) is 6.07 Å². The van der Waals surface area contributed by atoms with E-state index in [2.05, 4.69) is 0 Å². The van der Waals surface area contributed by atoms with E-state index in [-0.39, 0.29) is 31.5 Å². The van der Waals surface area contributed by atoms with Crippen LogP contribution < -0.4 is 4.74 Å². The molecule has 22 heavy (non-hydrogen) atoms. The molecule has 0 saturated carbocycles. The van der Waals surface area contributed by atoms with Gasteiger partial charge in [-0.3, -0.25) is 0 Å². The van der Waals surface area contributed by atoms with Gasteiger partial charge in [0.1, 0.15) is 6.61 Å². The maximum atomic E-state index is 14.1. The van der Waals surface area contributed by atoms with E-state index in [9.17, 15) is 14.6 Å². The fourth-order valence-electron chi connectivity index (χ4n) is 2.50. The van der Waals surface area contributed by atoms with Gasteiger partial charge in [0, 0.05) is 18.8 Å². The molecule has 2 rings (SSSR count). The zero-order valence-electron chi connectivity index (χ0n) is 12.4. The summed E-state index contributed by atoms with van der Waals surface area (Å²) in [6, 6.07) is 14.3. The molecule has 3 nitrogen and oxygen atoms in total. The molecule has 0 aliphatic rings. The first-order valence-corrected chi connectivity index (χ1v) is 7.43. The van der Waals surface area contributed by atoms with Crippen LogP contribution in [0.3, 0.4) is 0 Å². The number of aliphatic hydroxyl groups is 2. The van der Waals surface area contributed by atoms with Crippen LogP contribution in [-0.2, 0) is 6.61 Å². The molecular weight excluding hydrogens is 283 g/mol. The zero-order chi connectivity index (χ0) is 15.8. The Morgan fingerprint density at radius 2 is 1.59 bits per heavy atom. The van der Waals surface area contributed by atoms with Crippen LogP contribution in [0.5, 0.6) is 5.75 Å². The summed E-state index contributed by atoms with van der Waals surface area (Å²) in [4.78, 5) is 0. The van der Waals surface area contributed by atoms with Gasteiger partial charge >= 0.3 is 0 Å². The Kier molecular flexibility index (Phi) is 6.37. The lowest BCUT2D eigenvalue weighted by Crippen LogP contribution is -2.08. The van der Waals surface area contributed by atoms with Gasteiger partial charge in [0.2, 0.25) is 0 Å². The molecule has 0 bridgehead atoms. The second-order valence-corrected chi connectivity index (χ2v) is 5.15. The van der Waals surface area contributed by atoms with Gasteiger partial charge in [0.15, 0.2) is 11.6 Å². The van der Waals surface area contributed by atoms with Gasteiger partial charge in [-0.15, -0.1) is 0 Å². The molecular formula is C18H21FO3. The Morgan fingerprint density at radius 3 is 2.23 bits per heavy atom. The van der Waals surface area contributed by atoms with Crippen molar-refractivity contribution in [2.24, 2.45) is 0 Å². The summed E-state index contributed by atoms with van der Waals surface area (Å²) in [5, 5.41) is 18.4. The average molecular weight is 304 g/mol. The number of halogens is 1. The van der Waals surface area contributed by atoms with Crippen molar-refractivity contribution in [2.45, 2.75) is 25.4 Å². The van der Waals surface area contributed by atoms with Crippen LogP contribution in [-0.4, -0.2) is 23.4 Å². The first kappa shape index (κ1) is 16.5. The number of para-hydroxylation sites is 1. The molecule has 0 fully saturated rings. The largest absolute Gasteiger partial charge is 0.486 e. The molecule has 0 radical (unpaired) electrons. The van der Waals surface area contributed by atoms with E-state index in [0.717, 1.165) is 5.56 Å². The van der Waals surface area contributed by atoms with Crippen LogP contribution in [0.15, 0.2) is 48.5 Å². The first-order valence-electron chi connectivity index (χ1n) is 7.43. The van der Waals surface area contributed by atoms with Gasteiger partial charge in [0.25, 0.3) is 0 Å². The normalized spacial score (nSPS) is 10.9. The molecule has 0 heterocycles. The summed E-state index contributed by atoms with van der Waals surface area (Å²) in [6.07, 6.45) is 0.928. The lowest BCUT2D eigenvalue weighted by Gasteiger charge is -2.20. The van der Waals surface area contributed by atoms with E-state index in [1.54, 1.807) is 12.1 Å². The molecule has 2 aromatic carbocycles. The molecule has 0 spiro atoms. The summed E-state index contributed by atoms with van der Waals surface area (Å²) in [7, 11) is 0. The summed E-state index contributed by atoms with van der Waals surface area (Å²) in [5.74, 6) is -0.343. The summed E-state index contributed by atoms with van der Waals surface area (Å²) in [6.45, 7) is 0.248. The van der Waals surface area contributed by atoms with Crippen molar-refractivity contribution in [1.82, 2.24) is 0 Å². The second-order valence-electron chi connectivity index (χ2n) is 5.15. The van der Waals surface area contributed by atoms with Crippen LogP contribution in [0, 0.1) is 5.82 Å². The Labute approximate surface area is 130 Å². The maximum Gasteiger partial charge on any atom is 0.165 e. The summed E-state index contributed by atoms with van der Waals surface area (Å²) >= 11 is 0. The standard InChI is InChI=1S/C18H21FO3/c19-17-8-4-7-16(15(9-11-20)10-12-21)18(17)22-13-14-5-2-1-3-6-14/h1-8,15,20-21H,9-13H2. The third kappa shape index (κ3) is 4.29. The number of hydrogen-bond acceptors (Lipinski definition) is 3. The van der Waals surface area contributed by atoms with Crippen molar-refractivity contribution >= 4 is 0 Å². The minimum Gasteiger partial charge on any atom is -0.486 e. The molecule has 0 saturated heterocycles. The number of rotatable bonds is 8. The van der Waals surface area contributed by atoms with Crippen molar-refractivity contribution in [1.29, 1.82) is 0 Å². The fraction of sp³-hybridized carbons (Fsp3) is 0.333. The van der Waals surface area contributed by atoms with Gasteiger partial charge in [0.05, 0.1) is 0 Å². The van der Waals surface area contributed by atoms with Crippen molar-refractivity contribution < 1.29 is 19.3 Å². The highest BCUT2D eigenvalue weighted by atomic mass is 19.1. The highest BCUT2D eigenvalue weighted by molar-refractivity contribution is 5.38.